The SMILES string of the molecule is CNCC1CC(=O)C2=C(C1)O[C@@H]1C(=C2)CC[C@]2(C)[C@@H](c3cccnc3)C(=O)C[C@@H]12. The van der Waals surface area contributed by atoms with Crippen molar-refractivity contribution >= 4 is 11.6 Å². The van der Waals surface area contributed by atoms with Gasteiger partial charge in [0.1, 0.15) is 17.6 Å². The average Bonchev–Trinajstić information content (AvgIpc) is 2.98. The van der Waals surface area contributed by atoms with Gasteiger partial charge in [-0.3, -0.25) is 14.6 Å². The summed E-state index contributed by atoms with van der Waals surface area (Å²) in [5, 5.41) is 3.19. The Hall–Kier alpha value is -2.27. The van der Waals surface area contributed by atoms with Gasteiger partial charge in [-0.05, 0) is 61.0 Å². The Morgan fingerprint density at radius 3 is 2.90 bits per heavy atom. The molecular weight excluding hydrogens is 364 g/mol. The Balaban J connectivity index is 1.47. The molecule has 5 rings (SSSR count). The molecule has 0 bridgehead atoms. The van der Waals surface area contributed by atoms with Crippen LogP contribution in [0.1, 0.15) is 50.5 Å². The standard InChI is InChI=1S/C24H28N2O3/c1-24-6-5-15-10-17-19(27)8-14(12-25-2)9-21(17)29-23(15)18(24)11-20(28)22(24)16-4-3-7-26-13-16/h3-4,7,10,13-14,18,22-23,25H,5-6,8-9,11-12H2,1-2H3/t14?,18-,22-,23+,24-/m0/s1. The smallest absolute Gasteiger partial charge is 0.166 e. The second-order valence-electron chi connectivity index (χ2n) is 9.35. The summed E-state index contributed by atoms with van der Waals surface area (Å²) in [7, 11) is 1.92. The summed E-state index contributed by atoms with van der Waals surface area (Å²) in [6, 6.07) is 3.94. The van der Waals surface area contributed by atoms with Crippen LogP contribution in [-0.4, -0.2) is 36.2 Å². The summed E-state index contributed by atoms with van der Waals surface area (Å²) in [4.78, 5) is 30.1. The third-order valence-corrected chi connectivity index (χ3v) is 7.59. The Morgan fingerprint density at radius 1 is 1.28 bits per heavy atom. The fraction of sp³-hybridized carbons (Fsp3) is 0.542. The second kappa shape index (κ2) is 6.91. The summed E-state index contributed by atoms with van der Waals surface area (Å²) in [6.07, 6.45) is 9.35. The van der Waals surface area contributed by atoms with Crippen LogP contribution in [0.2, 0.25) is 0 Å². The Kier molecular flexibility index (Phi) is 4.46. The largest absolute Gasteiger partial charge is 0.489 e. The van der Waals surface area contributed by atoms with Crippen molar-refractivity contribution in [1.29, 1.82) is 0 Å². The van der Waals surface area contributed by atoms with Crippen LogP contribution < -0.4 is 5.32 Å². The number of carbonyl (C=O) groups is 2. The van der Waals surface area contributed by atoms with Crippen molar-refractivity contribution in [2.45, 2.75) is 51.0 Å². The number of nitrogens with one attached hydrogen (secondary N) is 1. The number of ketones is 2. The molecule has 3 aliphatic carbocycles. The van der Waals surface area contributed by atoms with Crippen molar-refractivity contribution in [2.75, 3.05) is 13.6 Å². The van der Waals surface area contributed by atoms with E-state index in [9.17, 15) is 9.59 Å². The van der Waals surface area contributed by atoms with Gasteiger partial charge in [0.05, 0.1) is 5.57 Å². The first-order valence-corrected chi connectivity index (χ1v) is 10.7. The zero-order valence-corrected chi connectivity index (χ0v) is 17.1. The Bertz CT molecular complexity index is 919. The Labute approximate surface area is 171 Å². The maximum absolute atomic E-state index is 13.1. The first-order valence-electron chi connectivity index (χ1n) is 10.7. The van der Waals surface area contributed by atoms with E-state index in [1.54, 1.807) is 6.20 Å². The maximum atomic E-state index is 13.1. The first-order chi connectivity index (χ1) is 14.0. The lowest BCUT2D eigenvalue weighted by atomic mass is 9.61. The number of rotatable bonds is 3. The van der Waals surface area contributed by atoms with Gasteiger partial charge in [-0.15, -0.1) is 0 Å². The van der Waals surface area contributed by atoms with Gasteiger partial charge in [-0.25, -0.2) is 0 Å². The fourth-order valence-corrected chi connectivity index (χ4v) is 6.19. The van der Waals surface area contributed by atoms with Crippen molar-refractivity contribution < 1.29 is 14.3 Å². The van der Waals surface area contributed by atoms with Crippen LogP contribution in [0.25, 0.3) is 0 Å². The molecule has 0 saturated heterocycles. The van der Waals surface area contributed by atoms with Crippen molar-refractivity contribution in [2.24, 2.45) is 17.3 Å². The molecule has 5 atom stereocenters. The van der Waals surface area contributed by atoms with Gasteiger partial charge in [-0.1, -0.05) is 13.0 Å². The van der Waals surface area contributed by atoms with Gasteiger partial charge < -0.3 is 10.1 Å². The van der Waals surface area contributed by atoms with E-state index < -0.39 is 0 Å². The molecule has 4 aliphatic rings. The molecular formula is C24H28N2O3. The van der Waals surface area contributed by atoms with Crippen LogP contribution in [0.3, 0.4) is 0 Å². The van der Waals surface area contributed by atoms with Gasteiger partial charge in [0, 0.05) is 43.5 Å². The molecule has 0 radical (unpaired) electrons. The first kappa shape index (κ1) is 18.7. The van der Waals surface area contributed by atoms with E-state index in [2.05, 4.69) is 23.3 Å². The third kappa shape index (κ3) is 2.90. The summed E-state index contributed by atoms with van der Waals surface area (Å²) >= 11 is 0. The minimum atomic E-state index is -0.136. The number of Topliss-reactive ketones (excluding diaryl/α,β-unsaturated/α-hetero) is 2. The fourth-order valence-electron chi connectivity index (χ4n) is 6.19. The summed E-state index contributed by atoms with van der Waals surface area (Å²) in [6.45, 7) is 3.07. The molecule has 5 heteroatoms. The molecule has 2 fully saturated rings. The molecule has 1 aromatic heterocycles. The van der Waals surface area contributed by atoms with Crippen LogP contribution >= 0.6 is 0 Å². The minimum absolute atomic E-state index is 0.0840. The highest BCUT2D eigenvalue weighted by molar-refractivity contribution is 6.00. The van der Waals surface area contributed by atoms with E-state index in [0.29, 0.717) is 18.6 Å². The van der Waals surface area contributed by atoms with Gasteiger partial charge in [0.2, 0.25) is 0 Å². The summed E-state index contributed by atoms with van der Waals surface area (Å²) in [5.41, 5.74) is 2.86. The molecule has 1 aliphatic heterocycles. The molecule has 1 unspecified atom stereocenters. The number of hydrogen-bond acceptors (Lipinski definition) is 5. The van der Waals surface area contributed by atoms with E-state index >= 15 is 0 Å². The lowest BCUT2D eigenvalue weighted by Gasteiger charge is -2.47. The maximum Gasteiger partial charge on any atom is 0.166 e. The number of nitrogens with zero attached hydrogens (tertiary/aromatic N) is 1. The predicted molar refractivity (Wildman–Crippen MR) is 109 cm³/mol. The Morgan fingerprint density at radius 2 is 2.14 bits per heavy atom. The molecule has 2 heterocycles. The van der Waals surface area contributed by atoms with Crippen LogP contribution in [-0.2, 0) is 14.3 Å². The number of allylic oxidation sites excluding steroid dienone is 3. The highest BCUT2D eigenvalue weighted by atomic mass is 16.5. The van der Waals surface area contributed by atoms with Crippen LogP contribution in [0.4, 0.5) is 0 Å². The molecule has 0 aromatic carbocycles. The monoisotopic (exact) mass is 392 g/mol. The van der Waals surface area contributed by atoms with E-state index in [1.807, 2.05) is 25.4 Å². The highest BCUT2D eigenvalue weighted by Gasteiger charge is 2.58. The van der Waals surface area contributed by atoms with Gasteiger partial charge >= 0.3 is 0 Å². The quantitative estimate of drug-likeness (QED) is 0.855. The number of pyridine rings is 1. The molecule has 1 aromatic rings. The lowest BCUT2D eigenvalue weighted by molar-refractivity contribution is -0.120. The minimum Gasteiger partial charge on any atom is -0.489 e. The van der Waals surface area contributed by atoms with E-state index in [4.69, 9.17) is 4.74 Å². The topological polar surface area (TPSA) is 68.3 Å². The number of carbonyl (C=O) groups excluding carboxylic acids is 2. The molecule has 2 saturated carbocycles. The van der Waals surface area contributed by atoms with Gasteiger partial charge in [0.15, 0.2) is 5.78 Å². The zero-order chi connectivity index (χ0) is 20.2. The molecule has 29 heavy (non-hydrogen) atoms. The molecule has 0 amide bonds. The lowest BCUT2D eigenvalue weighted by Crippen LogP contribution is -2.44. The van der Waals surface area contributed by atoms with Crippen molar-refractivity contribution in [3.63, 3.8) is 0 Å². The number of hydrogen-bond donors (Lipinski definition) is 1. The van der Waals surface area contributed by atoms with E-state index in [0.717, 1.165) is 42.7 Å². The van der Waals surface area contributed by atoms with E-state index in [-0.39, 0.29) is 35.1 Å². The van der Waals surface area contributed by atoms with Gasteiger partial charge in [0.25, 0.3) is 0 Å². The van der Waals surface area contributed by atoms with Gasteiger partial charge in [-0.2, -0.15) is 0 Å². The van der Waals surface area contributed by atoms with E-state index in [1.165, 1.54) is 5.57 Å². The van der Waals surface area contributed by atoms with Crippen LogP contribution in [0, 0.1) is 17.3 Å². The molecule has 1 N–H and O–H groups in total. The summed E-state index contributed by atoms with van der Waals surface area (Å²) in [5.74, 6) is 1.64. The molecule has 152 valence electrons. The number of ether oxygens (including phenoxy) is 1. The second-order valence-corrected chi connectivity index (χ2v) is 9.35. The van der Waals surface area contributed by atoms with Crippen LogP contribution in [0.5, 0.6) is 0 Å². The average molecular weight is 392 g/mol. The van der Waals surface area contributed by atoms with Crippen molar-refractivity contribution in [3.8, 4) is 0 Å². The third-order valence-electron chi connectivity index (χ3n) is 7.59. The van der Waals surface area contributed by atoms with Crippen molar-refractivity contribution in [3.05, 3.63) is 53.1 Å². The number of aromatic nitrogens is 1. The predicted octanol–water partition coefficient (Wildman–Crippen LogP) is 3.33. The van der Waals surface area contributed by atoms with Crippen molar-refractivity contribution in [1.82, 2.24) is 10.3 Å². The highest BCUT2D eigenvalue weighted by Crippen LogP contribution is 2.60. The molecule has 0 spiro atoms. The number of fused-ring (bicyclic) bond motifs is 3. The molecule has 5 nitrogen and oxygen atoms in total. The summed E-state index contributed by atoms with van der Waals surface area (Å²) < 4.78 is 6.55. The normalized spacial score (nSPS) is 36.1. The zero-order valence-electron chi connectivity index (χ0n) is 17.1. The van der Waals surface area contributed by atoms with Crippen LogP contribution in [0.15, 0.2) is 47.5 Å².